The van der Waals surface area contributed by atoms with Gasteiger partial charge in [0, 0.05) is 23.6 Å². The first-order valence-corrected chi connectivity index (χ1v) is 8.01. The van der Waals surface area contributed by atoms with Crippen LogP contribution in [-0.2, 0) is 6.42 Å². The van der Waals surface area contributed by atoms with E-state index in [0.29, 0.717) is 12.0 Å². The Morgan fingerprint density at radius 3 is 2.74 bits per heavy atom. The minimum atomic E-state index is -0.0505. The van der Waals surface area contributed by atoms with Gasteiger partial charge < -0.3 is 10.3 Å². The second-order valence-corrected chi connectivity index (χ2v) is 6.02. The Morgan fingerprint density at radius 2 is 2.16 bits per heavy atom. The van der Waals surface area contributed by atoms with Gasteiger partial charge in [0.25, 0.3) is 5.56 Å². The van der Waals surface area contributed by atoms with E-state index in [1.165, 1.54) is 0 Å². The number of nitrogens with zero attached hydrogens (tertiary/aromatic N) is 1. The summed E-state index contributed by atoms with van der Waals surface area (Å²) in [5, 5.41) is 4.20. The Kier molecular flexibility index (Phi) is 7.16. The molecule has 19 heavy (non-hydrogen) atoms. The van der Waals surface area contributed by atoms with Crippen molar-refractivity contribution in [1.29, 1.82) is 0 Å². The van der Waals surface area contributed by atoms with Crippen LogP contribution in [0.4, 0.5) is 0 Å². The molecule has 1 unspecified atom stereocenters. The van der Waals surface area contributed by atoms with E-state index in [4.69, 9.17) is 0 Å². The van der Waals surface area contributed by atoms with Crippen molar-refractivity contribution in [3.63, 3.8) is 0 Å². The third-order valence-electron chi connectivity index (χ3n) is 2.95. The van der Waals surface area contributed by atoms with Gasteiger partial charge in [-0.25, -0.2) is 4.98 Å². The Hall–Kier alpha value is -0.810. The van der Waals surface area contributed by atoms with Gasteiger partial charge in [-0.15, -0.1) is 0 Å². The molecule has 0 radical (unpaired) electrons. The summed E-state index contributed by atoms with van der Waals surface area (Å²) in [5.74, 6) is 1.49. The lowest BCUT2D eigenvalue weighted by Gasteiger charge is -2.20. The van der Waals surface area contributed by atoms with Crippen molar-refractivity contribution in [2.75, 3.05) is 12.3 Å². The molecule has 1 heterocycles. The first-order chi connectivity index (χ1) is 9.06. The lowest BCUT2D eigenvalue weighted by Crippen LogP contribution is -2.35. The highest BCUT2D eigenvalue weighted by atomic mass is 32.2. The monoisotopic (exact) mass is 283 g/mol. The molecule has 0 fully saturated rings. The van der Waals surface area contributed by atoms with Crippen LogP contribution in [0.5, 0.6) is 0 Å². The first kappa shape index (κ1) is 16.2. The van der Waals surface area contributed by atoms with Crippen LogP contribution < -0.4 is 10.9 Å². The van der Waals surface area contributed by atoms with E-state index in [2.05, 4.69) is 43.0 Å². The zero-order valence-corrected chi connectivity index (χ0v) is 13.1. The van der Waals surface area contributed by atoms with Crippen molar-refractivity contribution < 1.29 is 0 Å². The molecule has 1 rings (SSSR count). The Balaban J connectivity index is 2.68. The molecule has 1 aromatic heterocycles. The van der Waals surface area contributed by atoms with Gasteiger partial charge in [-0.05, 0) is 18.9 Å². The van der Waals surface area contributed by atoms with Crippen LogP contribution in [0.2, 0.25) is 0 Å². The number of hydrogen-bond donors (Lipinski definition) is 2. The largest absolute Gasteiger partial charge is 0.313 e. The second kappa shape index (κ2) is 8.38. The van der Waals surface area contributed by atoms with Crippen molar-refractivity contribution in [2.45, 2.75) is 51.7 Å². The summed E-state index contributed by atoms with van der Waals surface area (Å²) < 4.78 is 0. The van der Waals surface area contributed by atoms with Gasteiger partial charge in [0.2, 0.25) is 0 Å². The number of H-pyrrole nitrogens is 1. The Bertz CT molecular complexity index is 431. The molecule has 0 saturated heterocycles. The van der Waals surface area contributed by atoms with Crippen molar-refractivity contribution in [2.24, 2.45) is 5.92 Å². The normalized spacial score (nSPS) is 12.9. The Morgan fingerprint density at radius 1 is 1.42 bits per heavy atom. The molecule has 2 N–H and O–H groups in total. The van der Waals surface area contributed by atoms with Crippen LogP contribution in [0, 0.1) is 5.92 Å². The molecule has 0 aliphatic rings. The van der Waals surface area contributed by atoms with E-state index >= 15 is 0 Å². The van der Waals surface area contributed by atoms with Gasteiger partial charge in [0.15, 0.2) is 5.16 Å². The standard InChI is InChI=1S/C14H25N3OS/c1-5-7-11-8-13(18)17-14(16-11)19-9-12(10(3)4)15-6-2/h8,10,12,15H,5-7,9H2,1-4H3,(H,16,17,18). The zero-order chi connectivity index (χ0) is 14.3. The van der Waals surface area contributed by atoms with E-state index in [0.717, 1.165) is 36.0 Å². The summed E-state index contributed by atoms with van der Waals surface area (Å²) in [6.45, 7) is 9.58. The smallest absolute Gasteiger partial charge is 0.251 e. The maximum absolute atomic E-state index is 11.6. The van der Waals surface area contributed by atoms with E-state index in [-0.39, 0.29) is 5.56 Å². The number of hydrogen-bond acceptors (Lipinski definition) is 4. The number of aromatic amines is 1. The van der Waals surface area contributed by atoms with E-state index in [1.807, 2.05) is 0 Å². The summed E-state index contributed by atoms with van der Waals surface area (Å²) in [6.07, 6.45) is 1.87. The third-order valence-corrected chi connectivity index (χ3v) is 3.94. The summed E-state index contributed by atoms with van der Waals surface area (Å²) in [4.78, 5) is 18.9. The Labute approximate surface area is 119 Å². The van der Waals surface area contributed by atoms with Gasteiger partial charge in [-0.3, -0.25) is 4.79 Å². The molecule has 0 aliphatic carbocycles. The van der Waals surface area contributed by atoms with Crippen molar-refractivity contribution in [3.05, 3.63) is 22.1 Å². The predicted octanol–water partition coefficient (Wildman–Crippen LogP) is 2.45. The molecular formula is C14H25N3OS. The SMILES string of the molecule is CCCc1cc(=O)[nH]c(SCC(NCC)C(C)C)n1. The number of rotatable bonds is 8. The molecule has 0 saturated carbocycles. The van der Waals surface area contributed by atoms with Crippen LogP contribution in [0.25, 0.3) is 0 Å². The second-order valence-electron chi connectivity index (χ2n) is 5.01. The quantitative estimate of drug-likeness (QED) is 0.568. The van der Waals surface area contributed by atoms with Gasteiger partial charge in [-0.1, -0.05) is 45.9 Å². The fraction of sp³-hybridized carbons (Fsp3) is 0.714. The number of thioether (sulfide) groups is 1. The van der Waals surface area contributed by atoms with E-state index in [1.54, 1.807) is 17.8 Å². The fourth-order valence-electron chi connectivity index (χ4n) is 1.85. The average molecular weight is 283 g/mol. The molecule has 108 valence electrons. The van der Waals surface area contributed by atoms with Crippen LogP contribution in [0.15, 0.2) is 16.0 Å². The van der Waals surface area contributed by atoms with Gasteiger partial charge >= 0.3 is 0 Å². The topological polar surface area (TPSA) is 57.8 Å². The van der Waals surface area contributed by atoms with Gasteiger partial charge in [0.05, 0.1) is 0 Å². The highest BCUT2D eigenvalue weighted by Crippen LogP contribution is 2.16. The molecule has 0 spiro atoms. The number of aryl methyl sites for hydroxylation is 1. The molecule has 4 nitrogen and oxygen atoms in total. The van der Waals surface area contributed by atoms with Crippen molar-refractivity contribution >= 4 is 11.8 Å². The molecule has 0 amide bonds. The molecule has 1 atom stereocenters. The highest BCUT2D eigenvalue weighted by molar-refractivity contribution is 7.99. The minimum absolute atomic E-state index is 0.0505. The number of aromatic nitrogens is 2. The van der Waals surface area contributed by atoms with Crippen molar-refractivity contribution in [1.82, 2.24) is 15.3 Å². The van der Waals surface area contributed by atoms with Crippen LogP contribution >= 0.6 is 11.8 Å². The molecule has 5 heteroatoms. The fourth-order valence-corrected chi connectivity index (χ4v) is 3.05. The number of nitrogens with one attached hydrogen (secondary N) is 2. The summed E-state index contributed by atoms with van der Waals surface area (Å²) >= 11 is 1.62. The van der Waals surface area contributed by atoms with Crippen LogP contribution in [0.1, 0.15) is 39.8 Å². The lowest BCUT2D eigenvalue weighted by molar-refractivity contribution is 0.443. The maximum Gasteiger partial charge on any atom is 0.251 e. The summed E-state index contributed by atoms with van der Waals surface area (Å²) in [7, 11) is 0. The third kappa shape index (κ3) is 5.78. The lowest BCUT2D eigenvalue weighted by atomic mass is 10.1. The van der Waals surface area contributed by atoms with Crippen LogP contribution in [-0.4, -0.2) is 28.3 Å². The maximum atomic E-state index is 11.6. The van der Waals surface area contributed by atoms with Crippen LogP contribution in [0.3, 0.4) is 0 Å². The molecular weight excluding hydrogens is 258 g/mol. The van der Waals surface area contributed by atoms with Crippen molar-refractivity contribution in [3.8, 4) is 0 Å². The minimum Gasteiger partial charge on any atom is -0.313 e. The molecule has 1 aromatic rings. The van der Waals surface area contributed by atoms with E-state index in [9.17, 15) is 4.79 Å². The summed E-state index contributed by atoms with van der Waals surface area (Å²) in [5.41, 5.74) is 0.837. The average Bonchev–Trinajstić information content (AvgIpc) is 2.34. The summed E-state index contributed by atoms with van der Waals surface area (Å²) in [6, 6.07) is 2.03. The predicted molar refractivity (Wildman–Crippen MR) is 81.9 cm³/mol. The molecule has 0 aromatic carbocycles. The highest BCUT2D eigenvalue weighted by Gasteiger charge is 2.13. The zero-order valence-electron chi connectivity index (χ0n) is 12.3. The van der Waals surface area contributed by atoms with E-state index < -0.39 is 0 Å². The molecule has 0 bridgehead atoms. The molecule has 0 aliphatic heterocycles. The first-order valence-electron chi connectivity index (χ1n) is 7.03. The van der Waals surface area contributed by atoms with Gasteiger partial charge in [0.1, 0.15) is 0 Å². The van der Waals surface area contributed by atoms with Gasteiger partial charge in [-0.2, -0.15) is 0 Å².